The van der Waals surface area contributed by atoms with Gasteiger partial charge in [-0.25, -0.2) is 0 Å². The molecule has 0 aliphatic carbocycles. The van der Waals surface area contributed by atoms with Crippen molar-refractivity contribution in [1.29, 1.82) is 0 Å². The molecule has 2 heterocycles. The van der Waals surface area contributed by atoms with Crippen molar-refractivity contribution in [3.63, 3.8) is 0 Å². The fraction of sp³-hybridized carbons (Fsp3) is 0.105. The molecule has 2 aromatic carbocycles. The molecule has 1 aliphatic heterocycles. The summed E-state index contributed by atoms with van der Waals surface area (Å²) in [5.41, 5.74) is 2.55. The van der Waals surface area contributed by atoms with E-state index in [1.165, 1.54) is 4.90 Å². The minimum Gasteiger partial charge on any atom is -0.269 e. The summed E-state index contributed by atoms with van der Waals surface area (Å²) in [7, 11) is 0. The zero-order valence-electron chi connectivity index (χ0n) is 12.6. The zero-order chi connectivity index (χ0) is 16.0. The molecule has 0 radical (unpaired) electrons. The number of nitrogens with zero attached hydrogens (tertiary/aromatic N) is 2. The van der Waals surface area contributed by atoms with Gasteiger partial charge in [0.25, 0.3) is 11.8 Å². The van der Waals surface area contributed by atoms with Crippen molar-refractivity contribution < 1.29 is 9.59 Å². The lowest BCUT2D eigenvalue weighted by Crippen LogP contribution is -2.29. The van der Waals surface area contributed by atoms with Crippen LogP contribution in [0.5, 0.6) is 0 Å². The quantitative estimate of drug-likeness (QED) is 0.682. The number of aryl methyl sites for hydroxylation is 1. The van der Waals surface area contributed by atoms with Crippen LogP contribution in [0.3, 0.4) is 0 Å². The number of hydrogen-bond acceptors (Lipinski definition) is 3. The average molecular weight is 302 g/mol. The monoisotopic (exact) mass is 302 g/mol. The van der Waals surface area contributed by atoms with Gasteiger partial charge in [0, 0.05) is 11.1 Å². The van der Waals surface area contributed by atoms with Crippen LogP contribution in [0.1, 0.15) is 32.1 Å². The fourth-order valence-corrected chi connectivity index (χ4v) is 3.07. The van der Waals surface area contributed by atoms with Crippen LogP contribution in [0.4, 0.5) is 0 Å². The van der Waals surface area contributed by atoms with Crippen molar-refractivity contribution >= 4 is 22.6 Å². The van der Waals surface area contributed by atoms with Crippen LogP contribution in [-0.4, -0.2) is 21.7 Å². The maximum Gasteiger partial charge on any atom is 0.261 e. The van der Waals surface area contributed by atoms with E-state index < -0.39 is 0 Å². The predicted molar refractivity (Wildman–Crippen MR) is 87.1 cm³/mol. The molecule has 0 saturated heterocycles. The lowest BCUT2D eigenvalue weighted by molar-refractivity contribution is 0.0641. The topological polar surface area (TPSA) is 50.3 Å². The van der Waals surface area contributed by atoms with E-state index in [0.29, 0.717) is 11.1 Å². The Labute approximate surface area is 133 Å². The zero-order valence-corrected chi connectivity index (χ0v) is 12.6. The Hall–Kier alpha value is -3.01. The van der Waals surface area contributed by atoms with Crippen molar-refractivity contribution in [2.75, 3.05) is 0 Å². The Balaban J connectivity index is 1.78. The number of rotatable bonds is 2. The van der Waals surface area contributed by atoms with Gasteiger partial charge in [-0.3, -0.25) is 19.5 Å². The maximum absolute atomic E-state index is 12.5. The first-order chi connectivity index (χ1) is 11.1. The molecule has 4 heteroatoms. The van der Waals surface area contributed by atoms with Crippen LogP contribution in [0.2, 0.25) is 0 Å². The van der Waals surface area contributed by atoms with Crippen molar-refractivity contribution in [3.05, 3.63) is 77.1 Å². The van der Waals surface area contributed by atoms with Crippen LogP contribution in [-0.2, 0) is 6.54 Å². The summed E-state index contributed by atoms with van der Waals surface area (Å²) in [6, 6.07) is 16.8. The first kappa shape index (κ1) is 13.6. The normalized spacial score (nSPS) is 13.7. The molecule has 1 aromatic heterocycles. The molecule has 4 rings (SSSR count). The van der Waals surface area contributed by atoms with Crippen molar-refractivity contribution in [2.24, 2.45) is 0 Å². The second-order valence-corrected chi connectivity index (χ2v) is 5.67. The molecule has 0 unspecified atom stereocenters. The number of pyridine rings is 1. The number of aromatic nitrogens is 1. The number of carbonyl (C=O) groups is 2. The van der Waals surface area contributed by atoms with Gasteiger partial charge in [-0.05, 0) is 30.5 Å². The van der Waals surface area contributed by atoms with E-state index in [-0.39, 0.29) is 18.4 Å². The van der Waals surface area contributed by atoms with Gasteiger partial charge >= 0.3 is 0 Å². The number of amides is 2. The highest BCUT2D eigenvalue weighted by Crippen LogP contribution is 2.26. The van der Waals surface area contributed by atoms with E-state index in [1.54, 1.807) is 24.3 Å². The second kappa shape index (κ2) is 5.02. The molecule has 0 atom stereocenters. The van der Waals surface area contributed by atoms with Crippen molar-refractivity contribution in [1.82, 2.24) is 9.88 Å². The molecule has 3 aromatic rings. The smallest absolute Gasteiger partial charge is 0.261 e. The highest BCUT2D eigenvalue weighted by molar-refractivity contribution is 6.21. The highest BCUT2D eigenvalue weighted by atomic mass is 16.2. The minimum absolute atomic E-state index is 0.189. The molecule has 2 amide bonds. The van der Waals surface area contributed by atoms with Gasteiger partial charge in [0.2, 0.25) is 0 Å². The molecule has 0 N–H and O–H groups in total. The third-order valence-electron chi connectivity index (χ3n) is 4.13. The van der Waals surface area contributed by atoms with E-state index in [0.717, 1.165) is 22.2 Å². The Morgan fingerprint density at radius 1 is 0.913 bits per heavy atom. The van der Waals surface area contributed by atoms with Crippen LogP contribution in [0.15, 0.2) is 54.6 Å². The molecule has 23 heavy (non-hydrogen) atoms. The largest absolute Gasteiger partial charge is 0.269 e. The lowest BCUT2D eigenvalue weighted by Gasteiger charge is -2.15. The maximum atomic E-state index is 12.5. The third kappa shape index (κ3) is 2.11. The van der Waals surface area contributed by atoms with E-state index >= 15 is 0 Å². The molecule has 4 nitrogen and oxygen atoms in total. The van der Waals surface area contributed by atoms with E-state index in [9.17, 15) is 9.59 Å². The number of benzene rings is 2. The summed E-state index contributed by atoms with van der Waals surface area (Å²) in [5, 5.41) is 2.03. The number of carbonyl (C=O) groups excluding carboxylic acids is 2. The van der Waals surface area contributed by atoms with Gasteiger partial charge in [0.1, 0.15) is 0 Å². The molecular formula is C19H14N2O2. The summed E-state index contributed by atoms with van der Waals surface area (Å²) in [4.78, 5) is 30.8. The van der Waals surface area contributed by atoms with Crippen LogP contribution in [0.25, 0.3) is 10.8 Å². The van der Waals surface area contributed by atoms with E-state index in [4.69, 9.17) is 0 Å². The van der Waals surface area contributed by atoms with E-state index in [2.05, 4.69) is 4.98 Å². The van der Waals surface area contributed by atoms with Gasteiger partial charge in [-0.15, -0.1) is 0 Å². The summed E-state index contributed by atoms with van der Waals surface area (Å²) in [6.07, 6.45) is 0. The highest BCUT2D eigenvalue weighted by Gasteiger charge is 2.35. The second-order valence-electron chi connectivity index (χ2n) is 5.67. The van der Waals surface area contributed by atoms with Gasteiger partial charge in [-0.2, -0.15) is 0 Å². The van der Waals surface area contributed by atoms with Crippen molar-refractivity contribution in [2.45, 2.75) is 13.5 Å². The van der Waals surface area contributed by atoms with Gasteiger partial charge in [0.15, 0.2) is 0 Å². The Morgan fingerprint density at radius 3 is 2.22 bits per heavy atom. The Kier molecular flexibility index (Phi) is 2.98. The van der Waals surface area contributed by atoms with Gasteiger partial charge in [0.05, 0.1) is 23.4 Å². The number of imide groups is 1. The Bertz CT molecular complexity index is 927. The van der Waals surface area contributed by atoms with Crippen LogP contribution >= 0.6 is 0 Å². The molecule has 0 saturated carbocycles. The third-order valence-corrected chi connectivity index (χ3v) is 4.13. The van der Waals surface area contributed by atoms with Gasteiger partial charge in [-0.1, -0.05) is 36.4 Å². The van der Waals surface area contributed by atoms with E-state index in [1.807, 2.05) is 37.3 Å². The molecule has 1 aliphatic rings. The number of fused-ring (bicyclic) bond motifs is 2. The minimum atomic E-state index is -0.252. The SMILES string of the molecule is Cc1cc2ccccc2c(CN2C(=O)c3ccccc3C2=O)n1. The fourth-order valence-electron chi connectivity index (χ4n) is 3.07. The molecular weight excluding hydrogens is 288 g/mol. The van der Waals surface area contributed by atoms with Crippen LogP contribution < -0.4 is 0 Å². The molecule has 112 valence electrons. The van der Waals surface area contributed by atoms with Crippen molar-refractivity contribution in [3.8, 4) is 0 Å². The first-order valence-corrected chi connectivity index (χ1v) is 7.45. The Morgan fingerprint density at radius 2 is 1.52 bits per heavy atom. The predicted octanol–water partition coefficient (Wildman–Crippen LogP) is 3.34. The summed E-state index contributed by atoms with van der Waals surface area (Å²) in [6.45, 7) is 2.10. The molecule has 0 bridgehead atoms. The molecule has 0 spiro atoms. The summed E-state index contributed by atoms with van der Waals surface area (Å²) >= 11 is 0. The lowest BCUT2D eigenvalue weighted by atomic mass is 10.1. The first-order valence-electron chi connectivity index (χ1n) is 7.45. The summed E-state index contributed by atoms with van der Waals surface area (Å²) < 4.78 is 0. The average Bonchev–Trinajstić information content (AvgIpc) is 2.80. The van der Waals surface area contributed by atoms with Crippen LogP contribution in [0, 0.1) is 6.92 Å². The molecule has 0 fully saturated rings. The standard InChI is InChI=1S/C19H14N2O2/c1-12-10-13-6-2-3-7-14(13)17(20-12)11-21-18(22)15-8-4-5-9-16(15)19(21)23/h2-10H,11H2,1H3. The number of hydrogen-bond donors (Lipinski definition) is 0. The summed E-state index contributed by atoms with van der Waals surface area (Å²) in [5.74, 6) is -0.504. The van der Waals surface area contributed by atoms with Gasteiger partial charge < -0.3 is 0 Å².